The summed E-state index contributed by atoms with van der Waals surface area (Å²) in [5.41, 5.74) is 5.37. The molecule has 1 unspecified atom stereocenters. The van der Waals surface area contributed by atoms with Gasteiger partial charge in [0.1, 0.15) is 0 Å². The number of aromatic nitrogens is 2. The molecule has 1 fully saturated rings. The smallest absolute Gasteiger partial charge is 0.276 e. The number of hydrogen-bond donors (Lipinski definition) is 3. The van der Waals surface area contributed by atoms with Gasteiger partial charge in [0.05, 0.1) is 6.33 Å². The molecule has 0 radical (unpaired) electrons. The van der Waals surface area contributed by atoms with Crippen LogP contribution in [0.15, 0.2) is 11.1 Å². The first kappa shape index (κ1) is 11.0. The quantitative estimate of drug-likeness (QED) is 0.615. The summed E-state index contributed by atoms with van der Waals surface area (Å²) >= 11 is 4.15. The van der Waals surface area contributed by atoms with Crippen LogP contribution in [0.25, 0.3) is 0 Å². The Kier molecular flexibility index (Phi) is 2.86. The normalized spacial score (nSPS) is 20.4. The fourth-order valence-electron chi connectivity index (χ4n) is 1.79. The summed E-state index contributed by atoms with van der Waals surface area (Å²) in [7, 11) is 0. The number of H-pyrrole nitrogens is 1. The van der Waals surface area contributed by atoms with Gasteiger partial charge in [0.15, 0.2) is 11.5 Å². The molecule has 1 amide bonds. The van der Waals surface area contributed by atoms with E-state index in [1.165, 1.54) is 11.2 Å². The van der Waals surface area contributed by atoms with E-state index in [2.05, 4.69) is 22.6 Å². The summed E-state index contributed by atoms with van der Waals surface area (Å²) in [4.78, 5) is 30.9. The van der Waals surface area contributed by atoms with Crippen molar-refractivity contribution in [3.63, 3.8) is 0 Å². The van der Waals surface area contributed by atoms with Gasteiger partial charge in [-0.25, -0.2) is 4.98 Å². The van der Waals surface area contributed by atoms with Crippen molar-refractivity contribution < 1.29 is 4.79 Å². The third kappa shape index (κ3) is 1.78. The minimum absolute atomic E-state index is 0.0805. The molecule has 16 heavy (non-hydrogen) atoms. The molecule has 1 aliphatic rings. The lowest BCUT2D eigenvalue weighted by Crippen LogP contribution is -2.32. The highest BCUT2D eigenvalue weighted by Gasteiger charge is 2.32. The molecule has 1 aromatic heterocycles. The molecule has 0 spiro atoms. The maximum absolute atomic E-state index is 11.7. The zero-order valence-corrected chi connectivity index (χ0v) is 9.41. The Labute approximate surface area is 97.3 Å². The molecule has 1 atom stereocenters. The lowest BCUT2D eigenvalue weighted by atomic mass is 10.1. The lowest BCUT2D eigenvalue weighted by molar-refractivity contribution is -0.117. The number of nitrogen functional groups attached to an aromatic ring is 1. The van der Waals surface area contributed by atoms with Gasteiger partial charge >= 0.3 is 0 Å². The highest BCUT2D eigenvalue weighted by Crippen LogP contribution is 2.25. The van der Waals surface area contributed by atoms with Crippen molar-refractivity contribution in [2.75, 3.05) is 22.9 Å². The van der Waals surface area contributed by atoms with Crippen LogP contribution in [0.3, 0.4) is 0 Å². The summed E-state index contributed by atoms with van der Waals surface area (Å²) in [5.74, 6) is 0.747. The van der Waals surface area contributed by atoms with Crippen molar-refractivity contribution >= 4 is 30.0 Å². The first-order chi connectivity index (χ1) is 7.63. The average molecular weight is 240 g/mol. The van der Waals surface area contributed by atoms with E-state index in [1.807, 2.05) is 0 Å². The van der Waals surface area contributed by atoms with E-state index >= 15 is 0 Å². The third-order valence-electron chi connectivity index (χ3n) is 2.59. The van der Waals surface area contributed by atoms with Crippen LogP contribution in [0.4, 0.5) is 11.5 Å². The molecule has 1 aromatic rings. The van der Waals surface area contributed by atoms with Crippen LogP contribution in [-0.2, 0) is 4.79 Å². The Morgan fingerprint density at radius 2 is 2.38 bits per heavy atom. The molecule has 2 rings (SSSR count). The van der Waals surface area contributed by atoms with Gasteiger partial charge in [-0.1, -0.05) is 0 Å². The maximum Gasteiger partial charge on any atom is 0.276 e. The Hall–Kier alpha value is -1.50. The standard InChI is InChI=1S/C9H12N4O2S/c10-8-7(9(15)12-4-11-8)13-2-5(3-16)1-6(13)14/h4-5,16H,1-3H2,(H3,10,11,12,15). The zero-order valence-electron chi connectivity index (χ0n) is 8.51. The zero-order chi connectivity index (χ0) is 11.7. The molecule has 3 N–H and O–H groups in total. The highest BCUT2D eigenvalue weighted by atomic mass is 32.1. The molecular formula is C9H12N4O2S. The van der Waals surface area contributed by atoms with Gasteiger partial charge in [0.2, 0.25) is 5.91 Å². The number of nitrogens with zero attached hydrogens (tertiary/aromatic N) is 2. The fourth-order valence-corrected chi connectivity index (χ4v) is 2.03. The van der Waals surface area contributed by atoms with Gasteiger partial charge in [-0.2, -0.15) is 12.6 Å². The Morgan fingerprint density at radius 3 is 2.94 bits per heavy atom. The van der Waals surface area contributed by atoms with Crippen molar-refractivity contribution in [2.24, 2.45) is 5.92 Å². The van der Waals surface area contributed by atoms with Gasteiger partial charge in [-0.05, 0) is 11.7 Å². The predicted octanol–water partition coefficient (Wildman–Crippen LogP) is -0.365. The van der Waals surface area contributed by atoms with Crippen LogP contribution >= 0.6 is 12.6 Å². The molecule has 1 saturated heterocycles. The third-order valence-corrected chi connectivity index (χ3v) is 3.11. The SMILES string of the molecule is Nc1nc[nH]c(=O)c1N1CC(CS)CC1=O. The van der Waals surface area contributed by atoms with E-state index in [0.29, 0.717) is 18.7 Å². The van der Waals surface area contributed by atoms with Crippen LogP contribution in [0, 0.1) is 5.92 Å². The number of anilines is 2. The number of carbonyl (C=O) groups is 1. The molecule has 86 valence electrons. The first-order valence-corrected chi connectivity index (χ1v) is 5.51. The summed E-state index contributed by atoms with van der Waals surface area (Å²) in [6, 6.07) is 0. The van der Waals surface area contributed by atoms with Crippen molar-refractivity contribution in [1.82, 2.24) is 9.97 Å². The second-order valence-electron chi connectivity index (χ2n) is 3.72. The van der Waals surface area contributed by atoms with E-state index in [4.69, 9.17) is 5.73 Å². The van der Waals surface area contributed by atoms with Crippen molar-refractivity contribution in [3.8, 4) is 0 Å². The fraction of sp³-hybridized carbons (Fsp3) is 0.444. The number of nitrogens with two attached hydrogens (primary N) is 1. The van der Waals surface area contributed by atoms with E-state index in [0.717, 1.165) is 0 Å². The van der Waals surface area contributed by atoms with E-state index in [1.54, 1.807) is 0 Å². The van der Waals surface area contributed by atoms with Crippen LogP contribution in [0.5, 0.6) is 0 Å². The van der Waals surface area contributed by atoms with E-state index in [9.17, 15) is 9.59 Å². The van der Waals surface area contributed by atoms with E-state index in [-0.39, 0.29) is 28.9 Å². The molecular weight excluding hydrogens is 228 g/mol. The van der Waals surface area contributed by atoms with Crippen molar-refractivity contribution in [2.45, 2.75) is 6.42 Å². The minimum atomic E-state index is -0.388. The van der Waals surface area contributed by atoms with Crippen molar-refractivity contribution in [1.29, 1.82) is 0 Å². The molecule has 2 heterocycles. The second-order valence-corrected chi connectivity index (χ2v) is 4.09. The lowest BCUT2D eigenvalue weighted by Gasteiger charge is -2.16. The van der Waals surface area contributed by atoms with Gasteiger partial charge in [0, 0.05) is 13.0 Å². The maximum atomic E-state index is 11.7. The molecule has 0 aliphatic carbocycles. The van der Waals surface area contributed by atoms with Gasteiger partial charge < -0.3 is 15.6 Å². The van der Waals surface area contributed by atoms with Gasteiger partial charge in [0.25, 0.3) is 5.56 Å². The van der Waals surface area contributed by atoms with Gasteiger partial charge in [-0.15, -0.1) is 0 Å². The summed E-state index contributed by atoms with van der Waals surface area (Å²) in [6.07, 6.45) is 1.62. The van der Waals surface area contributed by atoms with Crippen LogP contribution < -0.4 is 16.2 Å². The van der Waals surface area contributed by atoms with Crippen LogP contribution in [0.2, 0.25) is 0 Å². The number of aromatic amines is 1. The number of thiol groups is 1. The Bertz CT molecular complexity index is 473. The van der Waals surface area contributed by atoms with Crippen LogP contribution in [-0.4, -0.2) is 28.2 Å². The molecule has 0 saturated carbocycles. The first-order valence-electron chi connectivity index (χ1n) is 4.88. The Balaban J connectivity index is 2.39. The summed E-state index contributed by atoms with van der Waals surface area (Å²) < 4.78 is 0. The van der Waals surface area contributed by atoms with Gasteiger partial charge in [-0.3, -0.25) is 9.59 Å². The number of hydrogen-bond acceptors (Lipinski definition) is 5. The number of carbonyl (C=O) groups excluding carboxylic acids is 1. The number of nitrogens with one attached hydrogen (secondary N) is 1. The number of rotatable bonds is 2. The predicted molar refractivity (Wildman–Crippen MR) is 63.6 cm³/mol. The summed E-state index contributed by atoms with van der Waals surface area (Å²) in [5, 5.41) is 0. The second kappa shape index (κ2) is 4.17. The average Bonchev–Trinajstić information content (AvgIpc) is 2.60. The minimum Gasteiger partial charge on any atom is -0.382 e. The van der Waals surface area contributed by atoms with Crippen LogP contribution in [0.1, 0.15) is 6.42 Å². The molecule has 0 aromatic carbocycles. The molecule has 7 heteroatoms. The monoisotopic (exact) mass is 240 g/mol. The number of amides is 1. The highest BCUT2D eigenvalue weighted by molar-refractivity contribution is 7.80. The largest absolute Gasteiger partial charge is 0.382 e. The molecule has 1 aliphatic heterocycles. The Morgan fingerprint density at radius 1 is 1.62 bits per heavy atom. The van der Waals surface area contributed by atoms with E-state index < -0.39 is 0 Å². The molecule has 6 nitrogen and oxygen atoms in total. The summed E-state index contributed by atoms with van der Waals surface area (Å²) in [6.45, 7) is 0.474. The van der Waals surface area contributed by atoms with Crippen molar-refractivity contribution in [3.05, 3.63) is 16.7 Å². The molecule has 0 bridgehead atoms. The topological polar surface area (TPSA) is 92.1 Å².